The van der Waals surface area contributed by atoms with E-state index in [-0.39, 0.29) is 5.97 Å². The molecule has 0 amide bonds. The molecule has 1 unspecified atom stereocenters. The molecule has 0 aromatic carbocycles. The molecule has 0 aromatic heterocycles. The predicted octanol–water partition coefficient (Wildman–Crippen LogP) is 11.6. The molecule has 0 saturated carbocycles. The molecule has 222 valence electrons. The van der Waals surface area contributed by atoms with Crippen LogP contribution in [0.5, 0.6) is 0 Å². The number of nitrogens with two attached hydrogens (primary N) is 1. The molecule has 0 aliphatic carbocycles. The summed E-state index contributed by atoms with van der Waals surface area (Å²) < 4.78 is 5.42. The lowest BCUT2D eigenvalue weighted by atomic mass is 10.0. The monoisotopic (exact) mass is 524 g/mol. The second-order valence-electron chi connectivity index (χ2n) is 11.8. The highest BCUT2D eigenvalue weighted by Gasteiger charge is 2.09. The zero-order valence-electron chi connectivity index (χ0n) is 25.7. The minimum atomic E-state index is -0.406. The van der Waals surface area contributed by atoms with Gasteiger partial charge in [-0.05, 0) is 19.3 Å². The highest BCUT2D eigenvalue weighted by atomic mass is 16.6. The fourth-order valence-electron chi connectivity index (χ4n) is 5.29. The smallest absolute Gasteiger partial charge is 0.307 e. The number of rotatable bonds is 31. The summed E-state index contributed by atoms with van der Waals surface area (Å²) in [6.07, 6.45) is 38.6. The summed E-state index contributed by atoms with van der Waals surface area (Å²) in [6.45, 7) is 4.56. The van der Waals surface area contributed by atoms with E-state index in [1.807, 2.05) is 0 Å². The Morgan fingerprint density at radius 2 is 0.730 bits per heavy atom. The lowest BCUT2D eigenvalue weighted by Crippen LogP contribution is -2.26. The Bertz CT molecular complexity index is 440. The molecule has 2 N–H and O–H groups in total. The number of hydrogen-bond acceptors (Lipinski definition) is 3. The summed E-state index contributed by atoms with van der Waals surface area (Å²) in [6, 6.07) is 0. The van der Waals surface area contributed by atoms with Crippen LogP contribution in [-0.2, 0) is 9.53 Å². The van der Waals surface area contributed by atoms with Gasteiger partial charge in [0.1, 0.15) is 0 Å². The van der Waals surface area contributed by atoms with Gasteiger partial charge in [0.25, 0.3) is 0 Å². The van der Waals surface area contributed by atoms with Crippen LogP contribution in [0.1, 0.15) is 206 Å². The van der Waals surface area contributed by atoms with Crippen LogP contribution < -0.4 is 5.73 Å². The summed E-state index contributed by atoms with van der Waals surface area (Å²) >= 11 is 0. The Labute approximate surface area is 233 Å². The minimum Gasteiger partial charge on any atom is -0.447 e. The van der Waals surface area contributed by atoms with E-state index in [2.05, 4.69) is 13.8 Å². The van der Waals surface area contributed by atoms with Gasteiger partial charge < -0.3 is 4.74 Å². The normalized spacial score (nSPS) is 12.2. The van der Waals surface area contributed by atoms with E-state index < -0.39 is 6.23 Å². The first-order chi connectivity index (χ1) is 18.2. The second-order valence-corrected chi connectivity index (χ2v) is 11.8. The van der Waals surface area contributed by atoms with Crippen molar-refractivity contribution in [1.29, 1.82) is 0 Å². The van der Waals surface area contributed by atoms with Gasteiger partial charge in [-0.15, -0.1) is 0 Å². The molecular weight excluding hydrogens is 454 g/mol. The van der Waals surface area contributed by atoms with Gasteiger partial charge >= 0.3 is 5.97 Å². The average molecular weight is 524 g/mol. The number of hydrogen-bond donors (Lipinski definition) is 1. The van der Waals surface area contributed by atoms with Gasteiger partial charge in [-0.1, -0.05) is 181 Å². The van der Waals surface area contributed by atoms with E-state index in [0.717, 1.165) is 25.7 Å². The third kappa shape index (κ3) is 31.5. The highest BCUT2D eigenvalue weighted by Crippen LogP contribution is 2.15. The molecule has 3 nitrogen and oxygen atoms in total. The third-order valence-electron chi connectivity index (χ3n) is 7.86. The molecule has 0 bridgehead atoms. The highest BCUT2D eigenvalue weighted by molar-refractivity contribution is 5.69. The van der Waals surface area contributed by atoms with Crippen molar-refractivity contribution in [3.63, 3.8) is 0 Å². The molecule has 0 saturated heterocycles. The fraction of sp³-hybridized carbons (Fsp3) is 0.971. The summed E-state index contributed by atoms with van der Waals surface area (Å²) in [5.74, 6) is -0.100. The number of ether oxygens (including phenoxy) is 1. The summed E-state index contributed by atoms with van der Waals surface area (Å²) in [7, 11) is 0. The van der Waals surface area contributed by atoms with Crippen molar-refractivity contribution in [3.8, 4) is 0 Å². The standard InChI is InChI=1S/C34H69NO2/c1-3-5-7-9-11-13-15-17-18-20-21-23-25-27-29-31-33(35)37-34(36)32-30-28-26-24-22-19-16-14-12-10-8-6-4-2/h33H,3-32,35H2,1-2H3. The van der Waals surface area contributed by atoms with Gasteiger partial charge in [0.05, 0.1) is 0 Å². The molecule has 0 aromatic rings. The summed E-state index contributed by atoms with van der Waals surface area (Å²) in [4.78, 5) is 12.0. The average Bonchev–Trinajstić information content (AvgIpc) is 2.89. The van der Waals surface area contributed by atoms with E-state index >= 15 is 0 Å². The minimum absolute atomic E-state index is 0.100. The van der Waals surface area contributed by atoms with Crippen molar-refractivity contribution >= 4 is 5.97 Å². The van der Waals surface area contributed by atoms with Crippen LogP contribution in [0.3, 0.4) is 0 Å². The molecule has 0 aliphatic heterocycles. The number of unbranched alkanes of at least 4 members (excludes halogenated alkanes) is 26. The van der Waals surface area contributed by atoms with Crippen LogP contribution in [0, 0.1) is 0 Å². The Morgan fingerprint density at radius 1 is 0.459 bits per heavy atom. The van der Waals surface area contributed by atoms with E-state index in [0.29, 0.717) is 6.42 Å². The molecule has 0 heterocycles. The number of carbonyl (C=O) groups excluding carboxylic acids is 1. The second kappa shape index (κ2) is 31.6. The fourth-order valence-corrected chi connectivity index (χ4v) is 5.29. The van der Waals surface area contributed by atoms with Crippen LogP contribution >= 0.6 is 0 Å². The third-order valence-corrected chi connectivity index (χ3v) is 7.86. The molecule has 1 atom stereocenters. The first kappa shape index (κ1) is 36.4. The van der Waals surface area contributed by atoms with E-state index in [9.17, 15) is 4.79 Å². The number of carbonyl (C=O) groups is 1. The van der Waals surface area contributed by atoms with Gasteiger partial charge in [0.15, 0.2) is 6.23 Å². The van der Waals surface area contributed by atoms with Gasteiger partial charge in [-0.25, -0.2) is 0 Å². The summed E-state index contributed by atoms with van der Waals surface area (Å²) in [5, 5.41) is 0. The van der Waals surface area contributed by atoms with E-state index in [1.165, 1.54) is 161 Å². The molecule has 0 aliphatic rings. The maximum absolute atomic E-state index is 12.0. The zero-order chi connectivity index (χ0) is 27.1. The Morgan fingerprint density at radius 3 is 1.05 bits per heavy atom. The lowest BCUT2D eigenvalue weighted by molar-refractivity contribution is -0.149. The van der Waals surface area contributed by atoms with Crippen LogP contribution in [0.25, 0.3) is 0 Å². The maximum Gasteiger partial charge on any atom is 0.307 e. The van der Waals surface area contributed by atoms with Gasteiger partial charge in [0, 0.05) is 6.42 Å². The van der Waals surface area contributed by atoms with E-state index in [4.69, 9.17) is 10.5 Å². The van der Waals surface area contributed by atoms with Crippen molar-refractivity contribution in [2.24, 2.45) is 5.73 Å². The molecule has 0 fully saturated rings. The zero-order valence-corrected chi connectivity index (χ0v) is 25.7. The van der Waals surface area contributed by atoms with Crippen molar-refractivity contribution in [2.45, 2.75) is 213 Å². The van der Waals surface area contributed by atoms with Crippen LogP contribution in [-0.4, -0.2) is 12.2 Å². The van der Waals surface area contributed by atoms with Crippen molar-refractivity contribution in [3.05, 3.63) is 0 Å². The molecule has 0 rings (SSSR count). The first-order valence-corrected chi connectivity index (χ1v) is 17.2. The van der Waals surface area contributed by atoms with E-state index in [1.54, 1.807) is 0 Å². The number of esters is 1. The Hall–Kier alpha value is -0.570. The molecule has 0 spiro atoms. The largest absolute Gasteiger partial charge is 0.447 e. The summed E-state index contributed by atoms with van der Waals surface area (Å²) in [5.41, 5.74) is 6.03. The van der Waals surface area contributed by atoms with Crippen LogP contribution in [0.2, 0.25) is 0 Å². The van der Waals surface area contributed by atoms with Gasteiger partial charge in [-0.2, -0.15) is 0 Å². The molecule has 37 heavy (non-hydrogen) atoms. The van der Waals surface area contributed by atoms with Crippen LogP contribution in [0.15, 0.2) is 0 Å². The molecule has 3 heteroatoms. The Kier molecular flexibility index (Phi) is 31.2. The lowest BCUT2D eigenvalue weighted by Gasteiger charge is -2.13. The van der Waals surface area contributed by atoms with Gasteiger partial charge in [0.2, 0.25) is 0 Å². The topological polar surface area (TPSA) is 52.3 Å². The Balaban J connectivity index is 3.27. The SMILES string of the molecule is CCCCCCCCCCCCCCCCCC(N)OC(=O)CCCCCCCCCCCCCCC. The van der Waals surface area contributed by atoms with Crippen LogP contribution in [0.4, 0.5) is 0 Å². The first-order valence-electron chi connectivity index (χ1n) is 17.2. The van der Waals surface area contributed by atoms with Gasteiger partial charge in [-0.3, -0.25) is 10.5 Å². The van der Waals surface area contributed by atoms with Crippen molar-refractivity contribution < 1.29 is 9.53 Å². The van der Waals surface area contributed by atoms with Crippen molar-refractivity contribution in [1.82, 2.24) is 0 Å². The quantitative estimate of drug-likeness (QED) is 0.0558. The molecule has 0 radical (unpaired) electrons. The van der Waals surface area contributed by atoms with Crippen molar-refractivity contribution in [2.75, 3.05) is 0 Å². The predicted molar refractivity (Wildman–Crippen MR) is 164 cm³/mol. The maximum atomic E-state index is 12.0. The molecular formula is C34H69NO2.